The summed E-state index contributed by atoms with van der Waals surface area (Å²) in [7, 11) is 1.63. The van der Waals surface area contributed by atoms with Crippen molar-refractivity contribution in [3.63, 3.8) is 0 Å². The van der Waals surface area contributed by atoms with Crippen molar-refractivity contribution in [2.45, 2.75) is 25.7 Å². The lowest BCUT2D eigenvalue weighted by Gasteiger charge is -2.19. The highest BCUT2D eigenvalue weighted by molar-refractivity contribution is 6.02. The number of carbonyl (C=O) groups excluding carboxylic acids is 1. The van der Waals surface area contributed by atoms with Crippen molar-refractivity contribution in [2.75, 3.05) is 12.4 Å². The van der Waals surface area contributed by atoms with Gasteiger partial charge in [0.1, 0.15) is 5.75 Å². The summed E-state index contributed by atoms with van der Waals surface area (Å²) in [4.78, 5) is 12.2. The second-order valence-electron chi connectivity index (χ2n) is 5.71. The van der Waals surface area contributed by atoms with Gasteiger partial charge in [-0.05, 0) is 55.0 Å². The van der Waals surface area contributed by atoms with Crippen molar-refractivity contribution in [2.24, 2.45) is 0 Å². The number of ether oxygens (including phenoxy) is 1. The Morgan fingerprint density at radius 1 is 1.09 bits per heavy atom. The molecule has 2 aromatic rings. The fourth-order valence-corrected chi connectivity index (χ4v) is 3.04. The molecule has 23 heavy (non-hydrogen) atoms. The van der Waals surface area contributed by atoms with Crippen LogP contribution in [0.25, 0.3) is 6.08 Å². The highest BCUT2D eigenvalue weighted by Crippen LogP contribution is 2.28. The summed E-state index contributed by atoms with van der Waals surface area (Å²) in [6.07, 6.45) is 7.91. The Kier molecular flexibility index (Phi) is 4.77. The first-order valence-corrected chi connectivity index (χ1v) is 8.01. The minimum atomic E-state index is -0.116. The highest BCUT2D eigenvalue weighted by atomic mass is 16.5. The van der Waals surface area contributed by atoms with Crippen molar-refractivity contribution < 1.29 is 9.53 Å². The van der Waals surface area contributed by atoms with E-state index in [1.807, 2.05) is 36.4 Å². The van der Waals surface area contributed by atoms with Gasteiger partial charge in [-0.3, -0.25) is 4.79 Å². The smallest absolute Gasteiger partial charge is 0.248 e. The third-order valence-corrected chi connectivity index (χ3v) is 4.21. The number of hydrogen-bond acceptors (Lipinski definition) is 2. The molecule has 0 bridgehead atoms. The number of nitrogens with one attached hydrogen (secondary N) is 1. The molecule has 0 unspecified atom stereocenters. The summed E-state index contributed by atoms with van der Waals surface area (Å²) in [5, 5.41) is 3.01. The lowest BCUT2D eigenvalue weighted by Crippen LogP contribution is -2.13. The second kappa shape index (κ2) is 7.14. The van der Waals surface area contributed by atoms with E-state index in [2.05, 4.69) is 11.4 Å². The van der Waals surface area contributed by atoms with Gasteiger partial charge in [-0.2, -0.15) is 0 Å². The third kappa shape index (κ3) is 3.62. The van der Waals surface area contributed by atoms with Gasteiger partial charge in [0.25, 0.3) is 0 Å². The van der Waals surface area contributed by atoms with Gasteiger partial charge >= 0.3 is 0 Å². The first kappa shape index (κ1) is 15.3. The molecule has 0 saturated heterocycles. The molecule has 3 rings (SSSR count). The number of amides is 1. The Morgan fingerprint density at radius 2 is 1.91 bits per heavy atom. The SMILES string of the molecule is COc1ccccc1C=CC(=O)Nc1cccc2c1CCCC2. The molecule has 2 aromatic carbocycles. The average Bonchev–Trinajstić information content (AvgIpc) is 2.60. The predicted molar refractivity (Wildman–Crippen MR) is 93.7 cm³/mol. The molecular formula is C20H21NO2. The number of para-hydroxylation sites is 1. The van der Waals surface area contributed by atoms with E-state index in [-0.39, 0.29) is 5.91 Å². The summed E-state index contributed by atoms with van der Waals surface area (Å²) in [5.74, 6) is 0.642. The fourth-order valence-electron chi connectivity index (χ4n) is 3.04. The minimum Gasteiger partial charge on any atom is -0.496 e. The Labute approximate surface area is 137 Å². The number of benzene rings is 2. The quantitative estimate of drug-likeness (QED) is 0.859. The van der Waals surface area contributed by atoms with E-state index in [0.29, 0.717) is 0 Å². The summed E-state index contributed by atoms with van der Waals surface area (Å²) >= 11 is 0. The van der Waals surface area contributed by atoms with Crippen LogP contribution in [0.1, 0.15) is 29.5 Å². The number of anilines is 1. The topological polar surface area (TPSA) is 38.3 Å². The zero-order valence-corrected chi connectivity index (χ0v) is 13.3. The highest BCUT2D eigenvalue weighted by Gasteiger charge is 2.13. The Bertz CT molecular complexity index is 734. The molecule has 0 heterocycles. The van der Waals surface area contributed by atoms with Gasteiger partial charge in [0.05, 0.1) is 7.11 Å². The molecule has 0 aliphatic heterocycles. The molecule has 118 valence electrons. The molecule has 0 saturated carbocycles. The monoisotopic (exact) mass is 307 g/mol. The first-order valence-electron chi connectivity index (χ1n) is 8.01. The maximum absolute atomic E-state index is 12.2. The van der Waals surface area contributed by atoms with Crippen molar-refractivity contribution in [3.8, 4) is 5.75 Å². The standard InChI is InChI=1S/C20H21NO2/c1-23-19-12-5-3-8-16(19)13-14-20(22)21-18-11-6-9-15-7-2-4-10-17(15)18/h3,5-6,8-9,11-14H,2,4,7,10H2,1H3,(H,21,22). The lowest BCUT2D eigenvalue weighted by atomic mass is 9.90. The summed E-state index contributed by atoms with van der Waals surface area (Å²) in [6, 6.07) is 13.8. The predicted octanol–water partition coefficient (Wildman–Crippen LogP) is 4.23. The molecule has 1 N–H and O–H groups in total. The first-order chi connectivity index (χ1) is 11.3. The van der Waals surface area contributed by atoms with Gasteiger partial charge in [-0.25, -0.2) is 0 Å². The van der Waals surface area contributed by atoms with Crippen LogP contribution >= 0.6 is 0 Å². The van der Waals surface area contributed by atoms with Crippen LogP contribution in [0, 0.1) is 0 Å². The maximum Gasteiger partial charge on any atom is 0.248 e. The van der Waals surface area contributed by atoms with Crippen LogP contribution in [0.15, 0.2) is 48.5 Å². The second-order valence-corrected chi connectivity index (χ2v) is 5.71. The van der Waals surface area contributed by atoms with Crippen molar-refractivity contribution in [3.05, 3.63) is 65.2 Å². The van der Waals surface area contributed by atoms with Gasteiger partial charge < -0.3 is 10.1 Å². The molecular weight excluding hydrogens is 286 g/mol. The van der Waals surface area contributed by atoms with Crippen molar-refractivity contribution in [1.82, 2.24) is 0 Å². The molecule has 0 aromatic heterocycles. The summed E-state index contributed by atoms with van der Waals surface area (Å²) in [5.41, 5.74) is 4.48. The summed E-state index contributed by atoms with van der Waals surface area (Å²) < 4.78 is 5.29. The Hall–Kier alpha value is -2.55. The fraction of sp³-hybridized carbons (Fsp3) is 0.250. The van der Waals surface area contributed by atoms with Crippen LogP contribution in [0.3, 0.4) is 0 Å². The van der Waals surface area contributed by atoms with E-state index in [4.69, 9.17) is 4.74 Å². The lowest BCUT2D eigenvalue weighted by molar-refractivity contribution is -0.111. The van der Waals surface area contributed by atoms with Crippen LogP contribution in [-0.4, -0.2) is 13.0 Å². The molecule has 1 aliphatic carbocycles. The van der Waals surface area contributed by atoms with Crippen molar-refractivity contribution in [1.29, 1.82) is 0 Å². The normalized spacial score (nSPS) is 13.6. The van der Waals surface area contributed by atoms with Gasteiger partial charge in [0, 0.05) is 17.3 Å². The Balaban J connectivity index is 1.74. The third-order valence-electron chi connectivity index (χ3n) is 4.21. The van der Waals surface area contributed by atoms with Crippen LogP contribution in [0.5, 0.6) is 5.75 Å². The number of aryl methyl sites for hydroxylation is 1. The van der Waals surface area contributed by atoms with Gasteiger partial charge in [0.2, 0.25) is 5.91 Å². The average molecular weight is 307 g/mol. The van der Waals surface area contributed by atoms with Gasteiger partial charge in [0.15, 0.2) is 0 Å². The van der Waals surface area contributed by atoms with Gasteiger partial charge in [-0.15, -0.1) is 0 Å². The largest absolute Gasteiger partial charge is 0.496 e. The molecule has 0 fully saturated rings. The van der Waals surface area contributed by atoms with E-state index in [1.54, 1.807) is 19.3 Å². The number of fused-ring (bicyclic) bond motifs is 1. The molecule has 3 nitrogen and oxygen atoms in total. The molecule has 0 radical (unpaired) electrons. The zero-order valence-electron chi connectivity index (χ0n) is 13.3. The molecule has 1 aliphatic rings. The number of methoxy groups -OCH3 is 1. The van der Waals surface area contributed by atoms with Crippen molar-refractivity contribution >= 4 is 17.7 Å². The maximum atomic E-state index is 12.2. The van der Waals surface area contributed by atoms with E-state index in [0.717, 1.165) is 29.8 Å². The zero-order chi connectivity index (χ0) is 16.1. The molecule has 0 atom stereocenters. The minimum absolute atomic E-state index is 0.116. The van der Waals surface area contributed by atoms with Crippen LogP contribution in [-0.2, 0) is 17.6 Å². The summed E-state index contributed by atoms with van der Waals surface area (Å²) in [6.45, 7) is 0. The van der Waals surface area contributed by atoms with E-state index in [1.165, 1.54) is 24.0 Å². The number of carbonyl (C=O) groups is 1. The van der Waals surface area contributed by atoms with Crippen LogP contribution in [0.2, 0.25) is 0 Å². The number of hydrogen-bond donors (Lipinski definition) is 1. The van der Waals surface area contributed by atoms with Crippen LogP contribution < -0.4 is 10.1 Å². The Morgan fingerprint density at radius 3 is 2.78 bits per heavy atom. The molecule has 1 amide bonds. The van der Waals surface area contributed by atoms with E-state index < -0.39 is 0 Å². The van der Waals surface area contributed by atoms with E-state index >= 15 is 0 Å². The van der Waals surface area contributed by atoms with Gasteiger partial charge in [-0.1, -0.05) is 30.3 Å². The van der Waals surface area contributed by atoms with Crippen LogP contribution in [0.4, 0.5) is 5.69 Å². The molecule has 3 heteroatoms. The number of rotatable bonds is 4. The van der Waals surface area contributed by atoms with E-state index in [9.17, 15) is 4.79 Å². The molecule has 0 spiro atoms.